The maximum Gasteiger partial charge on any atom is 0.0839 e. The molecule has 0 aliphatic carbocycles. The average Bonchev–Trinajstić information content (AvgIpc) is 3.01. The van der Waals surface area contributed by atoms with Crippen LogP contribution in [0.15, 0.2) is 42.6 Å². The van der Waals surface area contributed by atoms with Gasteiger partial charge in [-0.3, -0.25) is 4.68 Å². The zero-order valence-corrected chi connectivity index (χ0v) is 12.5. The van der Waals surface area contributed by atoms with Gasteiger partial charge in [0.25, 0.3) is 0 Å². The predicted octanol–water partition coefficient (Wildman–Crippen LogP) is 2.91. The van der Waals surface area contributed by atoms with E-state index in [0.29, 0.717) is 6.04 Å². The summed E-state index contributed by atoms with van der Waals surface area (Å²) in [5.74, 6) is 0. The molecule has 112 valence electrons. The molecule has 4 heteroatoms. The maximum absolute atomic E-state index is 5.92. The van der Waals surface area contributed by atoms with Crippen molar-refractivity contribution >= 4 is 0 Å². The van der Waals surface area contributed by atoms with Crippen molar-refractivity contribution in [2.24, 2.45) is 0 Å². The number of rotatable bonds is 5. The van der Waals surface area contributed by atoms with Crippen LogP contribution in [-0.4, -0.2) is 22.4 Å². The van der Waals surface area contributed by atoms with Gasteiger partial charge >= 0.3 is 0 Å². The summed E-state index contributed by atoms with van der Waals surface area (Å²) in [5, 5.41) is 7.97. The van der Waals surface area contributed by atoms with Crippen molar-refractivity contribution in [2.45, 2.75) is 45.0 Å². The van der Waals surface area contributed by atoms with Gasteiger partial charge in [0.2, 0.25) is 0 Å². The van der Waals surface area contributed by atoms with Gasteiger partial charge in [0.05, 0.1) is 11.8 Å². The predicted molar refractivity (Wildman–Crippen MR) is 82.9 cm³/mol. The first-order valence-electron chi connectivity index (χ1n) is 7.77. The highest BCUT2D eigenvalue weighted by Crippen LogP contribution is 2.28. The Morgan fingerprint density at radius 1 is 1.29 bits per heavy atom. The van der Waals surface area contributed by atoms with E-state index in [-0.39, 0.29) is 6.10 Å². The van der Waals surface area contributed by atoms with E-state index in [2.05, 4.69) is 47.7 Å². The van der Waals surface area contributed by atoms with Crippen LogP contribution >= 0.6 is 0 Å². The minimum absolute atomic E-state index is 0.216. The molecule has 1 aliphatic heterocycles. The van der Waals surface area contributed by atoms with Gasteiger partial charge in [-0.25, -0.2) is 0 Å². The SMILES string of the molecule is CCn1nccc1CN[C@H]1CCO[C@H](c2ccccc2)C1. The van der Waals surface area contributed by atoms with E-state index in [1.165, 1.54) is 11.3 Å². The highest BCUT2D eigenvalue weighted by molar-refractivity contribution is 5.18. The zero-order chi connectivity index (χ0) is 14.5. The van der Waals surface area contributed by atoms with Gasteiger partial charge < -0.3 is 10.1 Å². The molecule has 1 saturated heterocycles. The maximum atomic E-state index is 5.92. The Labute approximate surface area is 126 Å². The third-order valence-electron chi connectivity index (χ3n) is 4.13. The van der Waals surface area contributed by atoms with Crippen LogP contribution in [-0.2, 0) is 17.8 Å². The number of hydrogen-bond donors (Lipinski definition) is 1. The minimum Gasteiger partial charge on any atom is -0.373 e. The summed E-state index contributed by atoms with van der Waals surface area (Å²) < 4.78 is 7.96. The first-order valence-corrected chi connectivity index (χ1v) is 7.77. The molecular formula is C17H23N3O. The molecule has 2 aromatic rings. The van der Waals surface area contributed by atoms with Crippen molar-refractivity contribution in [3.05, 3.63) is 53.9 Å². The second-order valence-electron chi connectivity index (χ2n) is 5.51. The van der Waals surface area contributed by atoms with Gasteiger partial charge in [0, 0.05) is 31.9 Å². The summed E-state index contributed by atoms with van der Waals surface area (Å²) in [6, 6.07) is 13.1. The van der Waals surface area contributed by atoms with E-state index in [9.17, 15) is 0 Å². The van der Waals surface area contributed by atoms with E-state index in [1.54, 1.807) is 0 Å². The summed E-state index contributed by atoms with van der Waals surface area (Å²) in [7, 11) is 0. The van der Waals surface area contributed by atoms with Crippen molar-refractivity contribution in [2.75, 3.05) is 6.61 Å². The Hall–Kier alpha value is -1.65. The van der Waals surface area contributed by atoms with Crippen molar-refractivity contribution in [3.63, 3.8) is 0 Å². The second-order valence-corrected chi connectivity index (χ2v) is 5.51. The quantitative estimate of drug-likeness (QED) is 0.918. The first kappa shape index (κ1) is 14.3. The average molecular weight is 285 g/mol. The lowest BCUT2D eigenvalue weighted by molar-refractivity contribution is -0.000144. The molecule has 1 aromatic heterocycles. The molecular weight excluding hydrogens is 262 g/mol. The third-order valence-corrected chi connectivity index (χ3v) is 4.13. The lowest BCUT2D eigenvalue weighted by Crippen LogP contribution is -2.36. The van der Waals surface area contributed by atoms with Gasteiger partial charge in [0.1, 0.15) is 0 Å². The fourth-order valence-electron chi connectivity index (χ4n) is 2.93. The Kier molecular flexibility index (Phi) is 4.68. The summed E-state index contributed by atoms with van der Waals surface area (Å²) >= 11 is 0. The largest absolute Gasteiger partial charge is 0.373 e. The van der Waals surface area contributed by atoms with Crippen LogP contribution < -0.4 is 5.32 Å². The number of benzene rings is 1. The Bertz CT molecular complexity index is 552. The smallest absolute Gasteiger partial charge is 0.0839 e. The monoisotopic (exact) mass is 285 g/mol. The first-order chi connectivity index (χ1) is 10.4. The molecule has 4 nitrogen and oxygen atoms in total. The molecule has 1 fully saturated rings. The fourth-order valence-corrected chi connectivity index (χ4v) is 2.93. The van der Waals surface area contributed by atoms with Crippen LogP contribution in [0.3, 0.4) is 0 Å². The van der Waals surface area contributed by atoms with Crippen molar-refractivity contribution in [1.29, 1.82) is 0 Å². The number of nitrogens with zero attached hydrogens (tertiary/aromatic N) is 2. The van der Waals surface area contributed by atoms with Gasteiger partial charge in [-0.15, -0.1) is 0 Å². The molecule has 1 aliphatic rings. The molecule has 0 radical (unpaired) electrons. The lowest BCUT2D eigenvalue weighted by atomic mass is 9.97. The number of nitrogens with one attached hydrogen (secondary N) is 1. The molecule has 0 spiro atoms. The van der Waals surface area contributed by atoms with Crippen LogP contribution in [0.2, 0.25) is 0 Å². The fraction of sp³-hybridized carbons (Fsp3) is 0.471. The number of aromatic nitrogens is 2. The molecule has 0 unspecified atom stereocenters. The third kappa shape index (κ3) is 3.52. The molecule has 0 bridgehead atoms. The Balaban J connectivity index is 1.57. The molecule has 0 amide bonds. The molecule has 2 atom stereocenters. The van der Waals surface area contributed by atoms with E-state index < -0.39 is 0 Å². The number of ether oxygens (including phenoxy) is 1. The van der Waals surface area contributed by atoms with Crippen LogP contribution in [0.5, 0.6) is 0 Å². The topological polar surface area (TPSA) is 39.1 Å². The van der Waals surface area contributed by atoms with E-state index in [0.717, 1.165) is 32.5 Å². The second kappa shape index (κ2) is 6.87. The van der Waals surface area contributed by atoms with Crippen LogP contribution in [0.25, 0.3) is 0 Å². The molecule has 3 rings (SSSR count). The van der Waals surface area contributed by atoms with E-state index >= 15 is 0 Å². The van der Waals surface area contributed by atoms with Gasteiger partial charge in [-0.2, -0.15) is 5.10 Å². The zero-order valence-electron chi connectivity index (χ0n) is 12.5. The highest BCUT2D eigenvalue weighted by Gasteiger charge is 2.23. The van der Waals surface area contributed by atoms with Gasteiger partial charge in [-0.05, 0) is 31.4 Å². The van der Waals surface area contributed by atoms with E-state index in [4.69, 9.17) is 4.74 Å². The normalized spacial score (nSPS) is 22.3. The molecule has 0 saturated carbocycles. The summed E-state index contributed by atoms with van der Waals surface area (Å²) in [6.45, 7) is 4.74. The van der Waals surface area contributed by atoms with Crippen molar-refractivity contribution in [3.8, 4) is 0 Å². The van der Waals surface area contributed by atoms with Gasteiger partial charge in [0.15, 0.2) is 0 Å². The summed E-state index contributed by atoms with van der Waals surface area (Å²) in [4.78, 5) is 0. The lowest BCUT2D eigenvalue weighted by Gasteiger charge is -2.30. The minimum atomic E-state index is 0.216. The van der Waals surface area contributed by atoms with Crippen LogP contribution in [0.4, 0.5) is 0 Å². The van der Waals surface area contributed by atoms with Crippen molar-refractivity contribution in [1.82, 2.24) is 15.1 Å². The van der Waals surface area contributed by atoms with Crippen LogP contribution in [0, 0.1) is 0 Å². The van der Waals surface area contributed by atoms with E-state index in [1.807, 2.05) is 16.9 Å². The molecule has 21 heavy (non-hydrogen) atoms. The highest BCUT2D eigenvalue weighted by atomic mass is 16.5. The van der Waals surface area contributed by atoms with Crippen LogP contribution in [0.1, 0.15) is 37.1 Å². The number of aryl methyl sites for hydroxylation is 1. The molecule has 2 heterocycles. The summed E-state index contributed by atoms with van der Waals surface area (Å²) in [5.41, 5.74) is 2.53. The summed E-state index contributed by atoms with van der Waals surface area (Å²) in [6.07, 6.45) is 4.19. The molecule has 1 N–H and O–H groups in total. The van der Waals surface area contributed by atoms with Crippen molar-refractivity contribution < 1.29 is 4.74 Å². The Morgan fingerprint density at radius 2 is 2.14 bits per heavy atom. The number of hydrogen-bond acceptors (Lipinski definition) is 3. The Morgan fingerprint density at radius 3 is 2.95 bits per heavy atom. The standard InChI is InChI=1S/C17H23N3O/c1-2-20-16(8-10-19-20)13-18-15-9-11-21-17(12-15)14-6-4-3-5-7-14/h3-8,10,15,17-18H,2,9,11-13H2,1H3/t15-,17-/m0/s1. The molecule has 1 aromatic carbocycles. The van der Waals surface area contributed by atoms with Gasteiger partial charge in [-0.1, -0.05) is 30.3 Å².